The number of hydrogen-bond acceptors (Lipinski definition) is 2. The average molecular weight is 238 g/mol. The number of nitrogens with zero attached hydrogens (tertiary/aromatic N) is 2. The minimum absolute atomic E-state index is 0.135. The van der Waals surface area contributed by atoms with Crippen LogP contribution in [0.5, 0.6) is 0 Å². The Morgan fingerprint density at radius 1 is 1.29 bits per heavy atom. The molecule has 4 nitrogen and oxygen atoms in total. The van der Waals surface area contributed by atoms with Gasteiger partial charge in [-0.1, -0.05) is 6.42 Å². The van der Waals surface area contributed by atoms with Crippen LogP contribution < -0.4 is 11.1 Å². The SMILES string of the molecule is CC(C)(CN=C(N)NC1CC1)N1CCCCC1. The van der Waals surface area contributed by atoms with Gasteiger partial charge in [-0.3, -0.25) is 9.89 Å². The summed E-state index contributed by atoms with van der Waals surface area (Å²) in [5, 5.41) is 3.24. The highest BCUT2D eigenvalue weighted by Gasteiger charge is 2.28. The van der Waals surface area contributed by atoms with Gasteiger partial charge in [0.25, 0.3) is 0 Å². The molecule has 1 saturated heterocycles. The summed E-state index contributed by atoms with van der Waals surface area (Å²) in [6.07, 6.45) is 6.50. The van der Waals surface area contributed by atoms with Crippen LogP contribution in [0.25, 0.3) is 0 Å². The molecule has 2 fully saturated rings. The molecule has 2 rings (SSSR count). The van der Waals surface area contributed by atoms with Gasteiger partial charge in [0.15, 0.2) is 5.96 Å². The second-order valence-electron chi connectivity index (χ2n) is 5.98. The summed E-state index contributed by atoms with van der Waals surface area (Å²) in [4.78, 5) is 7.04. The Hall–Kier alpha value is -0.770. The third kappa shape index (κ3) is 3.87. The molecule has 0 unspecified atom stereocenters. The number of piperidine rings is 1. The maximum Gasteiger partial charge on any atom is 0.188 e. The molecule has 1 saturated carbocycles. The normalized spacial score (nSPS) is 23.8. The molecule has 0 aromatic heterocycles. The van der Waals surface area contributed by atoms with E-state index in [-0.39, 0.29) is 5.54 Å². The van der Waals surface area contributed by atoms with E-state index in [0.717, 1.165) is 6.54 Å². The summed E-state index contributed by atoms with van der Waals surface area (Å²) in [6, 6.07) is 0.594. The van der Waals surface area contributed by atoms with Crippen molar-refractivity contribution in [1.82, 2.24) is 10.2 Å². The summed E-state index contributed by atoms with van der Waals surface area (Å²) < 4.78 is 0. The highest BCUT2D eigenvalue weighted by Crippen LogP contribution is 2.21. The van der Waals surface area contributed by atoms with Gasteiger partial charge in [-0.25, -0.2) is 0 Å². The number of nitrogens with two attached hydrogens (primary N) is 1. The van der Waals surface area contributed by atoms with E-state index in [0.29, 0.717) is 12.0 Å². The molecule has 0 amide bonds. The lowest BCUT2D eigenvalue weighted by molar-refractivity contribution is 0.102. The molecular formula is C13H26N4. The first-order valence-corrected chi connectivity index (χ1v) is 6.89. The molecule has 1 aliphatic carbocycles. The monoisotopic (exact) mass is 238 g/mol. The number of hydrogen-bond donors (Lipinski definition) is 2. The molecule has 17 heavy (non-hydrogen) atoms. The van der Waals surface area contributed by atoms with Crippen LogP contribution in [-0.4, -0.2) is 42.1 Å². The van der Waals surface area contributed by atoms with Gasteiger partial charge in [-0.15, -0.1) is 0 Å². The van der Waals surface area contributed by atoms with Crippen LogP contribution in [0.3, 0.4) is 0 Å². The molecule has 0 spiro atoms. The van der Waals surface area contributed by atoms with Crippen molar-refractivity contribution in [3.63, 3.8) is 0 Å². The second-order valence-corrected chi connectivity index (χ2v) is 5.98. The topological polar surface area (TPSA) is 53.6 Å². The second kappa shape index (κ2) is 5.25. The Labute approximate surface area is 105 Å². The van der Waals surface area contributed by atoms with Gasteiger partial charge >= 0.3 is 0 Å². The zero-order chi connectivity index (χ0) is 12.3. The standard InChI is InChI=1S/C13H26N4/c1-13(2,17-8-4-3-5-9-17)10-15-12(14)16-11-6-7-11/h11H,3-10H2,1-2H3,(H3,14,15,16). The van der Waals surface area contributed by atoms with E-state index in [2.05, 4.69) is 29.1 Å². The molecule has 0 aromatic rings. The molecule has 0 atom stereocenters. The number of nitrogens with one attached hydrogen (secondary N) is 1. The van der Waals surface area contributed by atoms with Crippen molar-refractivity contribution in [3.05, 3.63) is 0 Å². The average Bonchev–Trinajstić information content (AvgIpc) is 3.12. The van der Waals surface area contributed by atoms with Crippen molar-refractivity contribution in [2.45, 2.75) is 57.5 Å². The first kappa shape index (κ1) is 12.7. The predicted octanol–water partition coefficient (Wildman–Crippen LogP) is 1.32. The first-order chi connectivity index (χ1) is 8.08. The molecule has 0 radical (unpaired) electrons. The lowest BCUT2D eigenvalue weighted by Gasteiger charge is -2.40. The van der Waals surface area contributed by atoms with E-state index in [4.69, 9.17) is 5.73 Å². The predicted molar refractivity (Wildman–Crippen MR) is 72.2 cm³/mol. The van der Waals surface area contributed by atoms with E-state index in [9.17, 15) is 0 Å². The minimum atomic E-state index is 0.135. The molecule has 98 valence electrons. The van der Waals surface area contributed by atoms with E-state index in [1.165, 1.54) is 45.2 Å². The van der Waals surface area contributed by atoms with Crippen LogP contribution in [0, 0.1) is 0 Å². The molecule has 1 aliphatic heterocycles. The fraction of sp³-hybridized carbons (Fsp3) is 0.923. The van der Waals surface area contributed by atoms with E-state index >= 15 is 0 Å². The van der Waals surface area contributed by atoms with Crippen LogP contribution in [-0.2, 0) is 0 Å². The van der Waals surface area contributed by atoms with Crippen LogP contribution >= 0.6 is 0 Å². The third-order valence-corrected chi connectivity index (χ3v) is 3.78. The Balaban J connectivity index is 1.81. The van der Waals surface area contributed by atoms with Crippen LogP contribution in [0.15, 0.2) is 4.99 Å². The van der Waals surface area contributed by atoms with Gasteiger partial charge < -0.3 is 11.1 Å². The summed E-state index contributed by atoms with van der Waals surface area (Å²) in [5.74, 6) is 0.623. The van der Waals surface area contributed by atoms with Crippen molar-refractivity contribution in [2.24, 2.45) is 10.7 Å². The van der Waals surface area contributed by atoms with Gasteiger partial charge in [0, 0.05) is 11.6 Å². The zero-order valence-corrected chi connectivity index (χ0v) is 11.2. The summed E-state index contributed by atoms with van der Waals surface area (Å²) in [5.41, 5.74) is 6.01. The lowest BCUT2D eigenvalue weighted by Crippen LogP contribution is -2.49. The Kier molecular flexibility index (Phi) is 3.92. The van der Waals surface area contributed by atoms with Crippen LogP contribution in [0.4, 0.5) is 0 Å². The Morgan fingerprint density at radius 3 is 2.53 bits per heavy atom. The van der Waals surface area contributed by atoms with E-state index < -0.39 is 0 Å². The van der Waals surface area contributed by atoms with Crippen molar-refractivity contribution in [3.8, 4) is 0 Å². The van der Waals surface area contributed by atoms with E-state index in [1.54, 1.807) is 0 Å². The zero-order valence-electron chi connectivity index (χ0n) is 11.2. The summed E-state index contributed by atoms with van der Waals surface area (Å²) >= 11 is 0. The quantitative estimate of drug-likeness (QED) is 0.574. The van der Waals surface area contributed by atoms with E-state index in [1.807, 2.05) is 0 Å². The van der Waals surface area contributed by atoms with Gasteiger partial charge in [0.2, 0.25) is 0 Å². The third-order valence-electron chi connectivity index (χ3n) is 3.78. The molecule has 0 bridgehead atoms. The fourth-order valence-corrected chi connectivity index (χ4v) is 2.36. The Bertz CT molecular complexity index is 275. The van der Waals surface area contributed by atoms with Crippen LogP contribution in [0.1, 0.15) is 46.0 Å². The van der Waals surface area contributed by atoms with Crippen molar-refractivity contribution >= 4 is 5.96 Å². The number of aliphatic imine (C=N–C) groups is 1. The highest BCUT2D eigenvalue weighted by molar-refractivity contribution is 5.78. The summed E-state index contributed by atoms with van der Waals surface area (Å²) in [7, 11) is 0. The molecule has 0 aromatic carbocycles. The summed E-state index contributed by atoms with van der Waals surface area (Å²) in [6.45, 7) is 7.74. The Morgan fingerprint density at radius 2 is 1.94 bits per heavy atom. The molecule has 3 N–H and O–H groups in total. The number of rotatable bonds is 4. The number of likely N-dealkylation sites (tertiary alicyclic amines) is 1. The van der Waals surface area contributed by atoms with Crippen molar-refractivity contribution in [2.75, 3.05) is 19.6 Å². The smallest absolute Gasteiger partial charge is 0.188 e. The fourth-order valence-electron chi connectivity index (χ4n) is 2.36. The van der Waals surface area contributed by atoms with Gasteiger partial charge in [-0.05, 0) is 52.6 Å². The lowest BCUT2D eigenvalue weighted by atomic mass is 9.99. The van der Waals surface area contributed by atoms with Gasteiger partial charge in [-0.2, -0.15) is 0 Å². The molecule has 1 heterocycles. The van der Waals surface area contributed by atoms with Crippen molar-refractivity contribution < 1.29 is 0 Å². The number of guanidine groups is 1. The maximum absolute atomic E-state index is 5.87. The molecule has 2 aliphatic rings. The molecular weight excluding hydrogens is 212 g/mol. The van der Waals surface area contributed by atoms with Crippen molar-refractivity contribution in [1.29, 1.82) is 0 Å². The van der Waals surface area contributed by atoms with Gasteiger partial charge in [0.05, 0.1) is 6.54 Å². The van der Waals surface area contributed by atoms with Gasteiger partial charge in [0.1, 0.15) is 0 Å². The highest BCUT2D eigenvalue weighted by atomic mass is 15.2. The van der Waals surface area contributed by atoms with Crippen LogP contribution in [0.2, 0.25) is 0 Å². The molecule has 4 heteroatoms. The largest absolute Gasteiger partial charge is 0.370 e. The first-order valence-electron chi connectivity index (χ1n) is 6.89. The maximum atomic E-state index is 5.87. The minimum Gasteiger partial charge on any atom is -0.370 e.